The Labute approximate surface area is 254 Å². The van der Waals surface area contributed by atoms with Gasteiger partial charge in [0.05, 0.1) is 0 Å². The van der Waals surface area contributed by atoms with Gasteiger partial charge in [0.15, 0.2) is 0 Å². The van der Waals surface area contributed by atoms with Crippen molar-refractivity contribution in [2.24, 2.45) is 63.1 Å². The molecule has 234 valence electrons. The van der Waals surface area contributed by atoms with E-state index < -0.39 is 0 Å². The molecule has 0 saturated heterocycles. The van der Waals surface area contributed by atoms with Crippen LogP contribution in [0.5, 0.6) is 0 Å². The summed E-state index contributed by atoms with van der Waals surface area (Å²) in [5, 5.41) is 0. The lowest BCUT2D eigenvalue weighted by molar-refractivity contribution is -0.218. The summed E-state index contributed by atoms with van der Waals surface area (Å²) in [5.41, 5.74) is 3.95. The summed E-state index contributed by atoms with van der Waals surface area (Å²) in [6.07, 6.45) is 20.6. The quantitative estimate of drug-likeness (QED) is 0.303. The van der Waals surface area contributed by atoms with Gasteiger partial charge in [-0.1, -0.05) is 108 Å². The molecule has 0 N–H and O–H groups in total. The van der Waals surface area contributed by atoms with E-state index in [9.17, 15) is 0 Å². The van der Waals surface area contributed by atoms with E-state index in [1.807, 2.05) is 27.7 Å². The summed E-state index contributed by atoms with van der Waals surface area (Å²) < 4.78 is 0. The molecule has 0 amide bonds. The van der Waals surface area contributed by atoms with Crippen LogP contribution in [-0.4, -0.2) is 0 Å². The van der Waals surface area contributed by atoms with Crippen LogP contribution in [0.3, 0.4) is 0 Å². The molecule has 0 spiro atoms. The first-order valence-electron chi connectivity index (χ1n) is 18.2. The zero-order valence-corrected chi connectivity index (χ0v) is 29.6. The van der Waals surface area contributed by atoms with Gasteiger partial charge in [0.1, 0.15) is 0 Å². The average Bonchev–Trinajstić information content (AvgIpc) is 2.96. The monoisotopic (exact) mass is 555 g/mol. The molecule has 0 aromatic heterocycles. The van der Waals surface area contributed by atoms with E-state index in [4.69, 9.17) is 0 Å². The van der Waals surface area contributed by atoms with Gasteiger partial charge in [0, 0.05) is 0 Å². The molecule has 5 saturated carbocycles. The lowest BCUT2D eigenvalue weighted by atomic mass is 9.34. The number of rotatable bonds is 4. The van der Waals surface area contributed by atoms with Gasteiger partial charge in [-0.15, -0.1) is 13.2 Å². The van der Waals surface area contributed by atoms with Crippen molar-refractivity contribution < 1.29 is 0 Å². The molecule has 5 fully saturated rings. The minimum Gasteiger partial charge on any atom is -0.106 e. The van der Waals surface area contributed by atoms with Crippen molar-refractivity contribution in [2.45, 2.75) is 166 Å². The number of fused-ring (bicyclic) bond motifs is 7. The average molecular weight is 555 g/mol. The maximum atomic E-state index is 4.54. The summed E-state index contributed by atoms with van der Waals surface area (Å²) >= 11 is 0. The Morgan fingerprint density at radius 3 is 1.90 bits per heavy atom. The minimum absolute atomic E-state index is 0.577. The summed E-state index contributed by atoms with van der Waals surface area (Å²) in [6.45, 7) is 37.1. The molecule has 0 aliphatic heterocycles. The van der Waals surface area contributed by atoms with Gasteiger partial charge in [-0.3, -0.25) is 0 Å². The van der Waals surface area contributed by atoms with Gasteiger partial charge >= 0.3 is 0 Å². The highest BCUT2D eigenvalue weighted by atomic mass is 14.7. The predicted molar refractivity (Wildman–Crippen MR) is 182 cm³/mol. The Balaban J connectivity index is 0.000000876. The largest absolute Gasteiger partial charge is 0.106 e. The summed E-state index contributed by atoms with van der Waals surface area (Å²) in [7, 11) is 0. The molecule has 0 heterocycles. The highest BCUT2D eigenvalue weighted by Gasteiger charge is 2.66. The summed E-state index contributed by atoms with van der Waals surface area (Å²) in [5.74, 6) is 6.36. The molecule has 0 nitrogen and oxygen atoms in total. The molecule has 40 heavy (non-hydrogen) atoms. The van der Waals surface area contributed by atoms with Crippen LogP contribution < -0.4 is 0 Å². The molecule has 11 atom stereocenters. The Morgan fingerprint density at radius 2 is 1.27 bits per heavy atom. The zero-order valence-electron chi connectivity index (χ0n) is 29.6. The van der Waals surface area contributed by atoms with Gasteiger partial charge < -0.3 is 0 Å². The van der Waals surface area contributed by atoms with Crippen molar-refractivity contribution >= 4 is 0 Å². The lowest BCUT2D eigenvalue weighted by Gasteiger charge is -2.71. The molecular weight excluding hydrogens is 480 g/mol. The molecular formula is C40H74. The maximum Gasteiger partial charge on any atom is -0.0203 e. The van der Waals surface area contributed by atoms with E-state index in [-0.39, 0.29) is 0 Å². The smallest absolute Gasteiger partial charge is 0.0203 e. The third-order valence-electron chi connectivity index (χ3n) is 14.6. The molecule has 5 aliphatic rings. The number of hydrogen-bond donors (Lipinski definition) is 0. The third kappa shape index (κ3) is 5.71. The van der Waals surface area contributed by atoms with Crippen molar-refractivity contribution in [3.63, 3.8) is 0 Å². The Bertz CT molecular complexity index is 794. The topological polar surface area (TPSA) is 0 Å². The van der Waals surface area contributed by atoms with Crippen LogP contribution in [0.2, 0.25) is 0 Å². The summed E-state index contributed by atoms with van der Waals surface area (Å²) in [4.78, 5) is 0. The van der Waals surface area contributed by atoms with E-state index in [0.717, 1.165) is 35.5 Å². The Hall–Kier alpha value is -0.520. The van der Waals surface area contributed by atoms with Gasteiger partial charge in [0.2, 0.25) is 0 Å². The third-order valence-corrected chi connectivity index (χ3v) is 14.6. The standard InChI is InChI=1S/C34H58.2C2H6.C2H4/c1-9-12-23(2)24(3)26-15-21-32(6)27(25(26)4)17-22-33(7)28-16-20-31(5)18-10-11-19-34(31,8)29(28)13-14-30(32)33;3*1-2/h24-30H,2,9-22H2,1,3-8H3;2*1-2H3;1-2H2. The van der Waals surface area contributed by atoms with Crippen LogP contribution in [0.4, 0.5) is 0 Å². The van der Waals surface area contributed by atoms with E-state index in [1.54, 1.807) is 6.42 Å². The predicted octanol–water partition coefficient (Wildman–Crippen LogP) is 13.3. The fraction of sp³-hybridized carbons (Fsp3) is 0.900. The highest BCUT2D eigenvalue weighted by Crippen LogP contribution is 2.74. The second kappa shape index (κ2) is 14.3. The first-order chi connectivity index (χ1) is 19.0. The molecule has 0 radical (unpaired) electrons. The molecule has 0 heteroatoms. The minimum atomic E-state index is 0.577. The van der Waals surface area contributed by atoms with Gasteiger partial charge in [-0.2, -0.15) is 0 Å². The van der Waals surface area contributed by atoms with E-state index >= 15 is 0 Å². The normalized spacial score (nSPS) is 46.0. The molecule has 5 rings (SSSR count). The van der Waals surface area contributed by atoms with Crippen LogP contribution in [0, 0.1) is 63.1 Å². The van der Waals surface area contributed by atoms with Gasteiger partial charge in [0.25, 0.3) is 0 Å². The van der Waals surface area contributed by atoms with Crippen LogP contribution in [0.15, 0.2) is 25.3 Å². The van der Waals surface area contributed by atoms with Gasteiger partial charge in [-0.25, -0.2) is 0 Å². The zero-order chi connectivity index (χ0) is 30.5. The van der Waals surface area contributed by atoms with E-state index in [1.165, 1.54) is 89.0 Å². The maximum absolute atomic E-state index is 4.54. The summed E-state index contributed by atoms with van der Waals surface area (Å²) in [6, 6.07) is 0. The molecule has 0 aromatic carbocycles. The van der Waals surface area contributed by atoms with Crippen molar-refractivity contribution in [1.29, 1.82) is 0 Å². The van der Waals surface area contributed by atoms with E-state index in [2.05, 4.69) is 68.2 Å². The van der Waals surface area contributed by atoms with Crippen LogP contribution in [0.25, 0.3) is 0 Å². The Kier molecular flexibility index (Phi) is 12.8. The van der Waals surface area contributed by atoms with Crippen molar-refractivity contribution in [2.75, 3.05) is 0 Å². The fourth-order valence-corrected chi connectivity index (χ4v) is 12.3. The molecule has 5 aliphatic carbocycles. The molecule has 11 unspecified atom stereocenters. The lowest BCUT2D eigenvalue weighted by Crippen LogP contribution is -2.63. The SMILES string of the molecule is C=C.C=C(CCC)C(C)C1CCC2(C)C(CCC3(C)C4CCC5(C)CCCCC5(C)C4CCC23)C1C.CC.CC. The van der Waals surface area contributed by atoms with Crippen molar-refractivity contribution in [3.05, 3.63) is 25.3 Å². The fourth-order valence-electron chi connectivity index (χ4n) is 12.3. The first kappa shape index (κ1) is 35.7. The Morgan fingerprint density at radius 1 is 0.725 bits per heavy atom. The van der Waals surface area contributed by atoms with Crippen molar-refractivity contribution in [1.82, 2.24) is 0 Å². The molecule has 0 aromatic rings. The van der Waals surface area contributed by atoms with Crippen LogP contribution in [-0.2, 0) is 0 Å². The van der Waals surface area contributed by atoms with E-state index in [0.29, 0.717) is 27.6 Å². The highest BCUT2D eigenvalue weighted by molar-refractivity contribution is 5.16. The molecule has 0 bridgehead atoms. The number of allylic oxidation sites excluding steroid dienone is 1. The van der Waals surface area contributed by atoms with Crippen LogP contribution in [0.1, 0.15) is 166 Å². The van der Waals surface area contributed by atoms with Crippen LogP contribution >= 0.6 is 0 Å². The number of hydrogen-bond acceptors (Lipinski definition) is 0. The van der Waals surface area contributed by atoms with Crippen molar-refractivity contribution in [3.8, 4) is 0 Å². The second-order valence-corrected chi connectivity index (χ2v) is 15.5. The second-order valence-electron chi connectivity index (χ2n) is 15.5. The van der Waals surface area contributed by atoms with Gasteiger partial charge in [-0.05, 0) is 134 Å². The first-order valence-corrected chi connectivity index (χ1v) is 18.2.